The summed E-state index contributed by atoms with van der Waals surface area (Å²) in [5.74, 6) is -1.49. The molecule has 1 aliphatic heterocycles. The van der Waals surface area contributed by atoms with Gasteiger partial charge in [-0.25, -0.2) is 9.69 Å². The number of thiocarbonyl (C=S) groups is 1. The number of nitrogens with zero attached hydrogens (tertiary/aromatic N) is 2. The first-order chi connectivity index (χ1) is 16.3. The van der Waals surface area contributed by atoms with Crippen LogP contribution in [0, 0.1) is 0 Å². The van der Waals surface area contributed by atoms with Crippen molar-refractivity contribution < 1.29 is 29.0 Å². The molecule has 0 atom stereocenters. The number of methoxy groups -OCH3 is 2. The normalized spacial score (nSPS) is 14.8. The Labute approximate surface area is 199 Å². The molecule has 0 unspecified atom stereocenters. The first kappa shape index (κ1) is 22.7. The van der Waals surface area contributed by atoms with Crippen molar-refractivity contribution in [1.29, 1.82) is 0 Å². The van der Waals surface area contributed by atoms with Crippen LogP contribution in [0.5, 0.6) is 11.5 Å². The van der Waals surface area contributed by atoms with Crippen LogP contribution in [0.4, 0.5) is 5.69 Å². The molecule has 1 aromatic heterocycles. The van der Waals surface area contributed by atoms with Gasteiger partial charge in [-0.1, -0.05) is 6.07 Å². The summed E-state index contributed by atoms with van der Waals surface area (Å²) in [6, 6.07) is 14.6. The number of carbonyl (C=O) groups is 3. The largest absolute Gasteiger partial charge is 0.497 e. The molecule has 9 nitrogen and oxygen atoms in total. The van der Waals surface area contributed by atoms with E-state index < -0.39 is 17.8 Å². The number of carboxylic acids is 1. The van der Waals surface area contributed by atoms with Gasteiger partial charge in [0.15, 0.2) is 5.11 Å². The zero-order chi connectivity index (χ0) is 24.4. The minimum atomic E-state index is -1.06. The summed E-state index contributed by atoms with van der Waals surface area (Å²) >= 11 is 5.27. The van der Waals surface area contributed by atoms with Crippen LogP contribution in [0.25, 0.3) is 11.8 Å². The van der Waals surface area contributed by atoms with Gasteiger partial charge >= 0.3 is 5.97 Å². The number of nitrogens with one attached hydrogen (secondary N) is 1. The van der Waals surface area contributed by atoms with E-state index in [2.05, 4.69) is 5.32 Å². The van der Waals surface area contributed by atoms with Crippen molar-refractivity contribution in [3.63, 3.8) is 0 Å². The van der Waals surface area contributed by atoms with Gasteiger partial charge in [-0.05, 0) is 60.8 Å². The fraction of sp³-hybridized carbons (Fsp3) is 0.0833. The van der Waals surface area contributed by atoms with Crippen LogP contribution in [0.3, 0.4) is 0 Å². The number of benzene rings is 2. The Hall–Kier alpha value is -4.44. The lowest BCUT2D eigenvalue weighted by molar-refractivity contribution is -0.122. The molecule has 0 saturated carbocycles. The van der Waals surface area contributed by atoms with Gasteiger partial charge in [0.25, 0.3) is 11.8 Å². The fourth-order valence-corrected chi connectivity index (χ4v) is 3.80. The number of carboxylic acid groups (broad SMARTS) is 1. The van der Waals surface area contributed by atoms with Gasteiger partial charge in [-0.3, -0.25) is 14.9 Å². The van der Waals surface area contributed by atoms with Crippen molar-refractivity contribution in [1.82, 2.24) is 9.88 Å². The second-order valence-corrected chi connectivity index (χ2v) is 7.54. The zero-order valence-corrected chi connectivity index (χ0v) is 19.0. The molecule has 0 aliphatic carbocycles. The number of aromatic nitrogens is 1. The molecular formula is C24H19N3O6S. The number of carbonyl (C=O) groups excluding carboxylic acids is 2. The molecular weight excluding hydrogens is 458 g/mol. The van der Waals surface area contributed by atoms with Gasteiger partial charge in [0.1, 0.15) is 17.1 Å². The van der Waals surface area contributed by atoms with Crippen molar-refractivity contribution in [2.24, 2.45) is 0 Å². The Morgan fingerprint density at radius 3 is 2.56 bits per heavy atom. The molecule has 10 heteroatoms. The quantitative estimate of drug-likeness (QED) is 0.319. The SMILES string of the molecule is COc1ccc(N2C(=O)/C(=C/c3cccn3-c3cccc(C(=O)O)c3)C(=O)NC2=S)c(OC)c1. The lowest BCUT2D eigenvalue weighted by atomic mass is 10.1. The lowest BCUT2D eigenvalue weighted by Crippen LogP contribution is -2.54. The lowest BCUT2D eigenvalue weighted by Gasteiger charge is -2.30. The van der Waals surface area contributed by atoms with E-state index in [1.54, 1.807) is 53.2 Å². The van der Waals surface area contributed by atoms with Crippen molar-refractivity contribution in [2.75, 3.05) is 19.1 Å². The summed E-state index contributed by atoms with van der Waals surface area (Å²) in [4.78, 5) is 38.7. The molecule has 2 aromatic carbocycles. The second-order valence-electron chi connectivity index (χ2n) is 7.15. The van der Waals surface area contributed by atoms with Gasteiger partial charge in [-0.15, -0.1) is 0 Å². The maximum atomic E-state index is 13.4. The molecule has 2 heterocycles. The molecule has 4 rings (SSSR count). The average molecular weight is 477 g/mol. The fourth-order valence-electron chi connectivity index (χ4n) is 3.53. The third-order valence-corrected chi connectivity index (χ3v) is 5.46. The molecule has 172 valence electrons. The van der Waals surface area contributed by atoms with Crippen LogP contribution in [0.15, 0.2) is 66.4 Å². The van der Waals surface area contributed by atoms with E-state index >= 15 is 0 Å². The molecule has 3 aromatic rings. The van der Waals surface area contributed by atoms with Crippen LogP contribution < -0.4 is 19.7 Å². The minimum absolute atomic E-state index is 0.0832. The Kier molecular flexibility index (Phi) is 6.15. The Morgan fingerprint density at radius 1 is 1.06 bits per heavy atom. The van der Waals surface area contributed by atoms with E-state index in [1.807, 2.05) is 0 Å². The number of anilines is 1. The molecule has 0 spiro atoms. The standard InChI is InChI=1S/C24H19N3O6S/c1-32-17-8-9-19(20(13-17)33-2)27-22(29)18(21(28)25-24(27)34)12-16-7-4-10-26(16)15-6-3-5-14(11-15)23(30)31/h3-13H,1-2H3,(H,30,31)(H,25,28,34)/b18-12+. The summed E-state index contributed by atoms with van der Waals surface area (Å²) in [6.07, 6.45) is 3.13. The Balaban J connectivity index is 1.76. The van der Waals surface area contributed by atoms with Crippen molar-refractivity contribution in [3.05, 3.63) is 77.6 Å². The van der Waals surface area contributed by atoms with Gasteiger partial charge in [0.05, 0.1) is 25.5 Å². The molecule has 2 amide bonds. The van der Waals surface area contributed by atoms with Gasteiger partial charge in [-0.2, -0.15) is 0 Å². The average Bonchev–Trinajstić information content (AvgIpc) is 3.30. The van der Waals surface area contributed by atoms with E-state index in [-0.39, 0.29) is 16.2 Å². The summed E-state index contributed by atoms with van der Waals surface area (Å²) in [5.41, 5.74) is 1.36. The molecule has 1 aliphatic rings. The van der Waals surface area contributed by atoms with E-state index in [4.69, 9.17) is 21.7 Å². The van der Waals surface area contributed by atoms with E-state index in [0.29, 0.717) is 28.6 Å². The number of hydrogen-bond acceptors (Lipinski definition) is 6. The number of aromatic carboxylic acids is 1. The van der Waals surface area contributed by atoms with Gasteiger partial charge in [0.2, 0.25) is 0 Å². The van der Waals surface area contributed by atoms with Crippen molar-refractivity contribution >= 4 is 46.9 Å². The van der Waals surface area contributed by atoms with Crippen LogP contribution in [0.2, 0.25) is 0 Å². The third kappa shape index (κ3) is 4.14. The van der Waals surface area contributed by atoms with Crippen LogP contribution in [0.1, 0.15) is 16.1 Å². The molecule has 1 saturated heterocycles. The number of amides is 2. The molecule has 34 heavy (non-hydrogen) atoms. The molecule has 0 bridgehead atoms. The first-order valence-electron chi connectivity index (χ1n) is 9.98. The van der Waals surface area contributed by atoms with E-state index in [0.717, 1.165) is 0 Å². The predicted molar refractivity (Wildman–Crippen MR) is 128 cm³/mol. The highest BCUT2D eigenvalue weighted by Gasteiger charge is 2.36. The smallest absolute Gasteiger partial charge is 0.335 e. The first-order valence-corrected chi connectivity index (χ1v) is 10.4. The molecule has 1 fully saturated rings. The minimum Gasteiger partial charge on any atom is -0.497 e. The van der Waals surface area contributed by atoms with Crippen LogP contribution in [-0.2, 0) is 9.59 Å². The molecule has 0 radical (unpaired) electrons. The highest BCUT2D eigenvalue weighted by atomic mass is 32.1. The van der Waals surface area contributed by atoms with Crippen LogP contribution >= 0.6 is 12.2 Å². The van der Waals surface area contributed by atoms with E-state index in [1.165, 1.54) is 37.3 Å². The zero-order valence-electron chi connectivity index (χ0n) is 18.1. The Morgan fingerprint density at radius 2 is 1.85 bits per heavy atom. The third-order valence-electron chi connectivity index (χ3n) is 5.17. The van der Waals surface area contributed by atoms with Crippen LogP contribution in [-0.4, -0.2) is 46.8 Å². The number of ether oxygens (including phenoxy) is 2. The Bertz CT molecular complexity index is 1360. The summed E-state index contributed by atoms with van der Waals surface area (Å²) in [6.45, 7) is 0. The summed E-state index contributed by atoms with van der Waals surface area (Å²) in [5, 5.41) is 11.7. The number of rotatable bonds is 6. The maximum Gasteiger partial charge on any atom is 0.335 e. The van der Waals surface area contributed by atoms with Gasteiger partial charge < -0.3 is 19.1 Å². The highest BCUT2D eigenvalue weighted by molar-refractivity contribution is 7.80. The summed E-state index contributed by atoms with van der Waals surface area (Å²) in [7, 11) is 2.96. The predicted octanol–water partition coefficient (Wildman–Crippen LogP) is 3.02. The maximum absolute atomic E-state index is 13.4. The van der Waals surface area contributed by atoms with E-state index in [9.17, 15) is 19.5 Å². The molecule has 2 N–H and O–H groups in total. The van der Waals surface area contributed by atoms with Gasteiger partial charge in [0, 0.05) is 23.6 Å². The number of hydrogen-bond donors (Lipinski definition) is 2. The van der Waals surface area contributed by atoms with Crippen molar-refractivity contribution in [2.45, 2.75) is 0 Å². The monoisotopic (exact) mass is 477 g/mol. The second kappa shape index (κ2) is 9.20. The topological polar surface area (TPSA) is 110 Å². The summed E-state index contributed by atoms with van der Waals surface area (Å²) < 4.78 is 12.3. The highest BCUT2D eigenvalue weighted by Crippen LogP contribution is 2.34. The van der Waals surface area contributed by atoms with Crippen molar-refractivity contribution in [3.8, 4) is 17.2 Å².